The highest BCUT2D eigenvalue weighted by Crippen LogP contribution is 2.33. The Balaban J connectivity index is 2.41. The van der Waals surface area contributed by atoms with Gasteiger partial charge in [-0.05, 0) is 42.5 Å². The van der Waals surface area contributed by atoms with Crippen LogP contribution in [0.2, 0.25) is 0 Å². The van der Waals surface area contributed by atoms with E-state index in [0.29, 0.717) is 0 Å². The lowest BCUT2D eigenvalue weighted by molar-refractivity contribution is -0.383. The normalized spacial score (nSPS) is 14.1. The van der Waals surface area contributed by atoms with Gasteiger partial charge >= 0.3 is 6.09 Å². The molecule has 0 radical (unpaired) electrons. The fourth-order valence-corrected chi connectivity index (χ4v) is 2.04. The molecule has 0 unspecified atom stereocenters. The molecule has 1 aromatic carbocycles. The van der Waals surface area contributed by atoms with Gasteiger partial charge in [0.15, 0.2) is 0 Å². The van der Waals surface area contributed by atoms with Crippen molar-refractivity contribution in [1.29, 1.82) is 0 Å². The van der Waals surface area contributed by atoms with E-state index in [1.54, 1.807) is 6.07 Å². The van der Waals surface area contributed by atoms with E-state index in [1.165, 1.54) is 12.1 Å². The van der Waals surface area contributed by atoms with E-state index in [2.05, 4.69) is 11.4 Å². The number of allylic oxidation sites excluding steroid dienone is 2. The molecule has 1 aromatic rings. The molecule has 0 atom stereocenters. The maximum Gasteiger partial charge on any atom is 0.409 e. The SMILES string of the molecule is O=C(O)Nc1cc(C2=CCCC2)ccc1[N+](=O)[O-]. The summed E-state index contributed by atoms with van der Waals surface area (Å²) < 4.78 is 0. The van der Waals surface area contributed by atoms with Gasteiger partial charge in [0.2, 0.25) is 0 Å². The first kappa shape index (κ1) is 12.1. The van der Waals surface area contributed by atoms with Gasteiger partial charge < -0.3 is 5.11 Å². The summed E-state index contributed by atoms with van der Waals surface area (Å²) in [5.41, 5.74) is 1.72. The Hall–Kier alpha value is -2.37. The summed E-state index contributed by atoms with van der Waals surface area (Å²) in [5, 5.41) is 21.5. The number of amides is 1. The van der Waals surface area contributed by atoms with Crippen molar-refractivity contribution in [3.8, 4) is 0 Å². The summed E-state index contributed by atoms with van der Waals surface area (Å²) in [6, 6.07) is 4.51. The molecule has 0 spiro atoms. The molecule has 94 valence electrons. The molecule has 2 rings (SSSR count). The number of hydrogen-bond acceptors (Lipinski definition) is 3. The maximum absolute atomic E-state index is 10.8. The van der Waals surface area contributed by atoms with Gasteiger partial charge in [0.1, 0.15) is 5.69 Å². The van der Waals surface area contributed by atoms with Crippen LogP contribution in [0.15, 0.2) is 24.3 Å². The summed E-state index contributed by atoms with van der Waals surface area (Å²) in [7, 11) is 0. The van der Waals surface area contributed by atoms with Crippen LogP contribution in [0.25, 0.3) is 5.57 Å². The van der Waals surface area contributed by atoms with Crippen molar-refractivity contribution in [1.82, 2.24) is 0 Å². The van der Waals surface area contributed by atoms with Gasteiger partial charge in [0.25, 0.3) is 5.69 Å². The number of hydrogen-bond donors (Lipinski definition) is 2. The molecule has 6 nitrogen and oxygen atoms in total. The predicted octanol–water partition coefficient (Wildman–Crippen LogP) is 3.25. The number of nitrogens with one attached hydrogen (secondary N) is 1. The van der Waals surface area contributed by atoms with Crippen LogP contribution in [0, 0.1) is 10.1 Å². The van der Waals surface area contributed by atoms with Crippen LogP contribution < -0.4 is 5.32 Å². The van der Waals surface area contributed by atoms with E-state index in [4.69, 9.17) is 5.11 Å². The lowest BCUT2D eigenvalue weighted by Crippen LogP contribution is -2.09. The molecule has 2 N–H and O–H groups in total. The largest absolute Gasteiger partial charge is 0.465 e. The molecule has 0 bridgehead atoms. The molecule has 1 aliphatic rings. The fourth-order valence-electron chi connectivity index (χ4n) is 2.04. The molecule has 0 saturated heterocycles. The summed E-state index contributed by atoms with van der Waals surface area (Å²) >= 11 is 0. The molecular weight excluding hydrogens is 236 g/mol. The zero-order chi connectivity index (χ0) is 13.1. The van der Waals surface area contributed by atoms with Gasteiger partial charge in [-0.1, -0.05) is 6.08 Å². The zero-order valence-electron chi connectivity index (χ0n) is 9.55. The van der Waals surface area contributed by atoms with Crippen molar-refractivity contribution in [2.24, 2.45) is 0 Å². The van der Waals surface area contributed by atoms with Crippen LogP contribution in [-0.4, -0.2) is 16.1 Å². The Morgan fingerprint density at radius 1 is 1.44 bits per heavy atom. The predicted molar refractivity (Wildman–Crippen MR) is 66.6 cm³/mol. The summed E-state index contributed by atoms with van der Waals surface area (Å²) in [6.45, 7) is 0. The van der Waals surface area contributed by atoms with Crippen molar-refractivity contribution in [2.75, 3.05) is 5.32 Å². The lowest BCUT2D eigenvalue weighted by Gasteiger charge is -2.07. The third kappa shape index (κ3) is 2.48. The number of benzene rings is 1. The maximum atomic E-state index is 10.8. The van der Waals surface area contributed by atoms with Crippen molar-refractivity contribution in [3.63, 3.8) is 0 Å². The van der Waals surface area contributed by atoms with Gasteiger partial charge in [0.05, 0.1) is 4.92 Å². The van der Waals surface area contributed by atoms with Gasteiger partial charge in [-0.25, -0.2) is 4.79 Å². The van der Waals surface area contributed by atoms with Crippen LogP contribution in [-0.2, 0) is 0 Å². The first-order valence-corrected chi connectivity index (χ1v) is 5.55. The van der Waals surface area contributed by atoms with E-state index in [9.17, 15) is 14.9 Å². The quantitative estimate of drug-likeness (QED) is 0.634. The van der Waals surface area contributed by atoms with E-state index in [1.807, 2.05) is 0 Å². The van der Waals surface area contributed by atoms with E-state index in [0.717, 1.165) is 30.4 Å². The molecule has 1 amide bonds. The van der Waals surface area contributed by atoms with Gasteiger partial charge in [-0.2, -0.15) is 0 Å². The third-order valence-corrected chi connectivity index (χ3v) is 2.85. The summed E-state index contributed by atoms with van der Waals surface area (Å²) in [4.78, 5) is 20.8. The lowest BCUT2D eigenvalue weighted by atomic mass is 10.0. The number of nitro benzene ring substituents is 1. The molecule has 0 saturated carbocycles. The van der Waals surface area contributed by atoms with E-state index < -0.39 is 11.0 Å². The van der Waals surface area contributed by atoms with Gasteiger partial charge in [-0.15, -0.1) is 0 Å². The molecular formula is C12H12N2O4. The molecule has 6 heteroatoms. The molecule has 0 aromatic heterocycles. The second-order valence-corrected chi connectivity index (χ2v) is 4.04. The number of nitrogens with zero attached hydrogens (tertiary/aromatic N) is 1. The van der Waals surface area contributed by atoms with Crippen molar-refractivity contribution >= 4 is 23.0 Å². The smallest absolute Gasteiger partial charge is 0.409 e. The standard InChI is InChI=1S/C12H12N2O4/c15-12(16)13-10-7-9(8-3-1-2-4-8)5-6-11(10)14(17)18/h3,5-7,13H,1-2,4H2,(H,15,16). The minimum atomic E-state index is -1.31. The average Bonchev–Trinajstić information content (AvgIpc) is 2.81. The molecule has 0 heterocycles. The Morgan fingerprint density at radius 2 is 2.22 bits per heavy atom. The molecule has 0 fully saturated rings. The van der Waals surface area contributed by atoms with E-state index >= 15 is 0 Å². The highest BCUT2D eigenvalue weighted by Gasteiger charge is 2.17. The van der Waals surface area contributed by atoms with Crippen LogP contribution in [0.4, 0.5) is 16.2 Å². The highest BCUT2D eigenvalue weighted by atomic mass is 16.6. The molecule has 18 heavy (non-hydrogen) atoms. The number of rotatable bonds is 3. The van der Waals surface area contributed by atoms with E-state index in [-0.39, 0.29) is 11.4 Å². The van der Waals surface area contributed by atoms with Gasteiger partial charge in [-0.3, -0.25) is 15.4 Å². The van der Waals surface area contributed by atoms with Crippen LogP contribution >= 0.6 is 0 Å². The Kier molecular flexibility index (Phi) is 3.27. The fraction of sp³-hybridized carbons (Fsp3) is 0.250. The second-order valence-electron chi connectivity index (χ2n) is 4.04. The van der Waals surface area contributed by atoms with Gasteiger partial charge in [0, 0.05) is 6.07 Å². The number of carbonyl (C=O) groups is 1. The highest BCUT2D eigenvalue weighted by molar-refractivity contribution is 5.88. The minimum Gasteiger partial charge on any atom is -0.465 e. The van der Waals surface area contributed by atoms with Crippen molar-refractivity contribution in [3.05, 3.63) is 40.0 Å². The zero-order valence-corrected chi connectivity index (χ0v) is 9.55. The van der Waals surface area contributed by atoms with Crippen LogP contribution in [0.3, 0.4) is 0 Å². The Bertz CT molecular complexity index is 537. The molecule has 0 aliphatic heterocycles. The monoisotopic (exact) mass is 248 g/mol. The first-order chi connectivity index (χ1) is 8.58. The summed E-state index contributed by atoms with van der Waals surface area (Å²) in [5.74, 6) is 0. The molecule has 1 aliphatic carbocycles. The van der Waals surface area contributed by atoms with Crippen molar-refractivity contribution < 1.29 is 14.8 Å². The number of anilines is 1. The van der Waals surface area contributed by atoms with Crippen LogP contribution in [0.1, 0.15) is 24.8 Å². The minimum absolute atomic E-state index is 0.0119. The third-order valence-electron chi connectivity index (χ3n) is 2.85. The van der Waals surface area contributed by atoms with Crippen molar-refractivity contribution in [2.45, 2.75) is 19.3 Å². The Morgan fingerprint density at radius 3 is 2.78 bits per heavy atom. The number of nitro groups is 1. The van der Waals surface area contributed by atoms with Crippen LogP contribution in [0.5, 0.6) is 0 Å². The average molecular weight is 248 g/mol. The second kappa shape index (κ2) is 4.87. The summed E-state index contributed by atoms with van der Waals surface area (Å²) in [6.07, 6.45) is 3.74. The topological polar surface area (TPSA) is 92.5 Å². The first-order valence-electron chi connectivity index (χ1n) is 5.55. The Labute approximate surface area is 103 Å². The number of carboxylic acid groups (broad SMARTS) is 1.